The first-order valence-corrected chi connectivity index (χ1v) is 5.75. The summed E-state index contributed by atoms with van der Waals surface area (Å²) in [5.41, 5.74) is 7.73. The third kappa shape index (κ3) is 2.33. The third-order valence-corrected chi connectivity index (χ3v) is 2.65. The van der Waals surface area contributed by atoms with Gasteiger partial charge in [-0.2, -0.15) is 0 Å². The molecule has 0 amide bonds. The molecule has 0 fully saturated rings. The van der Waals surface area contributed by atoms with Crippen molar-refractivity contribution < 1.29 is 0 Å². The number of H-pyrrole nitrogens is 1. The molecule has 1 unspecified atom stereocenters. The van der Waals surface area contributed by atoms with Crippen LogP contribution in [0.3, 0.4) is 0 Å². The molecule has 1 heterocycles. The highest BCUT2D eigenvalue weighted by molar-refractivity contribution is 5.77. The Kier molecular flexibility index (Phi) is 3.41. The molecule has 4 N–H and O–H groups in total. The van der Waals surface area contributed by atoms with Gasteiger partial charge in [-0.15, -0.1) is 0 Å². The van der Waals surface area contributed by atoms with Gasteiger partial charge in [0.1, 0.15) is 0 Å². The maximum absolute atomic E-state index is 5.70. The lowest BCUT2D eigenvalue weighted by atomic mass is 10.2. The Morgan fingerprint density at radius 2 is 2.25 bits per heavy atom. The van der Waals surface area contributed by atoms with Crippen LogP contribution in [0.4, 0.5) is 5.95 Å². The second-order valence-corrected chi connectivity index (χ2v) is 3.97. The molecule has 4 heteroatoms. The molecule has 16 heavy (non-hydrogen) atoms. The van der Waals surface area contributed by atoms with Crippen LogP contribution in [-0.2, 0) is 0 Å². The molecule has 2 aromatic rings. The monoisotopic (exact) mass is 218 g/mol. The van der Waals surface area contributed by atoms with E-state index in [-0.39, 0.29) is 0 Å². The smallest absolute Gasteiger partial charge is 0.201 e. The molecule has 86 valence electrons. The number of anilines is 1. The standard InChI is InChI=1S/C12H18N4/c1-2-5-9(8-13)14-12-15-10-6-3-4-7-11(10)16-12/h3-4,6-7,9H,2,5,8,13H2,1H3,(H2,14,15,16). The van der Waals surface area contributed by atoms with Crippen LogP contribution in [0.5, 0.6) is 0 Å². The summed E-state index contributed by atoms with van der Waals surface area (Å²) in [5.74, 6) is 0.810. The number of nitrogens with zero attached hydrogens (tertiary/aromatic N) is 1. The number of fused-ring (bicyclic) bond motifs is 1. The van der Waals surface area contributed by atoms with Gasteiger partial charge < -0.3 is 16.0 Å². The summed E-state index contributed by atoms with van der Waals surface area (Å²) < 4.78 is 0. The zero-order valence-electron chi connectivity index (χ0n) is 9.53. The largest absolute Gasteiger partial charge is 0.352 e. The first-order chi connectivity index (χ1) is 7.83. The Morgan fingerprint density at radius 3 is 2.94 bits per heavy atom. The van der Waals surface area contributed by atoms with E-state index in [4.69, 9.17) is 5.73 Å². The minimum atomic E-state index is 0.297. The molecule has 0 aliphatic carbocycles. The van der Waals surface area contributed by atoms with E-state index in [1.54, 1.807) is 0 Å². The Morgan fingerprint density at radius 1 is 1.44 bits per heavy atom. The topological polar surface area (TPSA) is 66.7 Å². The lowest BCUT2D eigenvalue weighted by molar-refractivity contribution is 0.644. The van der Waals surface area contributed by atoms with Crippen LogP contribution in [0.15, 0.2) is 24.3 Å². The second-order valence-electron chi connectivity index (χ2n) is 3.97. The van der Waals surface area contributed by atoms with Crippen molar-refractivity contribution in [1.82, 2.24) is 9.97 Å². The third-order valence-electron chi connectivity index (χ3n) is 2.65. The molecule has 0 saturated carbocycles. The number of hydrogen-bond acceptors (Lipinski definition) is 3. The van der Waals surface area contributed by atoms with E-state index in [9.17, 15) is 0 Å². The average molecular weight is 218 g/mol. The second kappa shape index (κ2) is 4.99. The fraction of sp³-hybridized carbons (Fsp3) is 0.417. The minimum absolute atomic E-state index is 0.297. The molecular weight excluding hydrogens is 200 g/mol. The summed E-state index contributed by atoms with van der Waals surface area (Å²) in [7, 11) is 0. The maximum atomic E-state index is 5.70. The van der Waals surface area contributed by atoms with E-state index >= 15 is 0 Å². The van der Waals surface area contributed by atoms with Crippen molar-refractivity contribution in [3.8, 4) is 0 Å². The molecule has 1 aromatic carbocycles. The van der Waals surface area contributed by atoms with Crippen molar-refractivity contribution in [3.63, 3.8) is 0 Å². The van der Waals surface area contributed by atoms with Gasteiger partial charge in [0.25, 0.3) is 0 Å². The van der Waals surface area contributed by atoms with Gasteiger partial charge in [-0.25, -0.2) is 4.98 Å². The van der Waals surface area contributed by atoms with Gasteiger partial charge in [-0.3, -0.25) is 0 Å². The molecule has 2 rings (SSSR count). The van der Waals surface area contributed by atoms with Crippen LogP contribution in [0, 0.1) is 0 Å². The van der Waals surface area contributed by atoms with Crippen molar-refractivity contribution in [3.05, 3.63) is 24.3 Å². The van der Waals surface area contributed by atoms with Crippen LogP contribution in [0.2, 0.25) is 0 Å². The zero-order valence-corrected chi connectivity index (χ0v) is 9.53. The summed E-state index contributed by atoms with van der Waals surface area (Å²) in [4.78, 5) is 7.70. The van der Waals surface area contributed by atoms with Gasteiger partial charge in [0.05, 0.1) is 11.0 Å². The van der Waals surface area contributed by atoms with Crippen molar-refractivity contribution in [2.75, 3.05) is 11.9 Å². The van der Waals surface area contributed by atoms with Crippen molar-refractivity contribution in [1.29, 1.82) is 0 Å². The summed E-state index contributed by atoms with van der Waals surface area (Å²) >= 11 is 0. The Hall–Kier alpha value is -1.55. The molecule has 0 radical (unpaired) electrons. The van der Waals surface area contributed by atoms with Gasteiger partial charge in [-0.05, 0) is 18.6 Å². The van der Waals surface area contributed by atoms with Crippen molar-refractivity contribution >= 4 is 17.0 Å². The van der Waals surface area contributed by atoms with Crippen LogP contribution in [-0.4, -0.2) is 22.6 Å². The normalized spacial score (nSPS) is 12.9. The predicted molar refractivity (Wildman–Crippen MR) is 67.5 cm³/mol. The van der Waals surface area contributed by atoms with Gasteiger partial charge in [0, 0.05) is 12.6 Å². The van der Waals surface area contributed by atoms with Crippen molar-refractivity contribution in [2.24, 2.45) is 5.73 Å². The van der Waals surface area contributed by atoms with E-state index < -0.39 is 0 Å². The number of nitrogens with two attached hydrogens (primary N) is 1. The van der Waals surface area contributed by atoms with E-state index in [0.717, 1.165) is 29.8 Å². The number of hydrogen-bond donors (Lipinski definition) is 3. The predicted octanol–water partition coefficient (Wildman–Crippen LogP) is 2.10. The number of para-hydroxylation sites is 2. The van der Waals surface area contributed by atoms with E-state index in [2.05, 4.69) is 22.2 Å². The summed E-state index contributed by atoms with van der Waals surface area (Å²) in [6.07, 6.45) is 2.18. The summed E-state index contributed by atoms with van der Waals surface area (Å²) in [6, 6.07) is 8.29. The fourth-order valence-electron chi connectivity index (χ4n) is 1.81. The number of aromatic nitrogens is 2. The molecule has 0 aliphatic rings. The van der Waals surface area contributed by atoms with Crippen LogP contribution >= 0.6 is 0 Å². The lowest BCUT2D eigenvalue weighted by Gasteiger charge is -2.14. The molecule has 1 atom stereocenters. The summed E-state index contributed by atoms with van der Waals surface area (Å²) in [6.45, 7) is 2.79. The maximum Gasteiger partial charge on any atom is 0.201 e. The number of imidazole rings is 1. The quantitative estimate of drug-likeness (QED) is 0.720. The SMILES string of the molecule is CCCC(CN)Nc1nc2ccccc2[nH]1. The lowest BCUT2D eigenvalue weighted by Crippen LogP contribution is -2.29. The molecule has 0 spiro atoms. The number of nitrogens with one attached hydrogen (secondary N) is 2. The Balaban J connectivity index is 2.14. The van der Waals surface area contributed by atoms with Gasteiger partial charge in [-0.1, -0.05) is 25.5 Å². The molecule has 1 aromatic heterocycles. The van der Waals surface area contributed by atoms with E-state index in [1.165, 1.54) is 0 Å². The van der Waals surface area contributed by atoms with E-state index in [1.807, 2.05) is 24.3 Å². The number of rotatable bonds is 5. The minimum Gasteiger partial charge on any atom is -0.352 e. The molecule has 0 bridgehead atoms. The number of aromatic amines is 1. The number of benzene rings is 1. The van der Waals surface area contributed by atoms with Gasteiger partial charge in [0.15, 0.2) is 0 Å². The van der Waals surface area contributed by atoms with Crippen LogP contribution in [0.1, 0.15) is 19.8 Å². The molecule has 0 saturated heterocycles. The molecule has 0 aliphatic heterocycles. The first-order valence-electron chi connectivity index (χ1n) is 5.75. The highest BCUT2D eigenvalue weighted by atomic mass is 15.1. The highest BCUT2D eigenvalue weighted by Crippen LogP contribution is 2.14. The van der Waals surface area contributed by atoms with Gasteiger partial charge in [0.2, 0.25) is 5.95 Å². The molecular formula is C12H18N4. The first kappa shape index (κ1) is 11.0. The fourth-order valence-corrected chi connectivity index (χ4v) is 1.81. The van der Waals surface area contributed by atoms with E-state index in [0.29, 0.717) is 12.6 Å². The molecule has 4 nitrogen and oxygen atoms in total. The van der Waals surface area contributed by atoms with Crippen molar-refractivity contribution in [2.45, 2.75) is 25.8 Å². The van der Waals surface area contributed by atoms with Crippen LogP contribution < -0.4 is 11.1 Å². The highest BCUT2D eigenvalue weighted by Gasteiger charge is 2.07. The summed E-state index contributed by atoms with van der Waals surface area (Å²) in [5, 5.41) is 3.33. The van der Waals surface area contributed by atoms with Gasteiger partial charge >= 0.3 is 0 Å². The Labute approximate surface area is 95.3 Å². The average Bonchev–Trinajstić information content (AvgIpc) is 2.70. The van der Waals surface area contributed by atoms with Crippen LogP contribution in [0.25, 0.3) is 11.0 Å². The Bertz CT molecular complexity index is 416. The zero-order chi connectivity index (χ0) is 11.4.